The predicted octanol–water partition coefficient (Wildman–Crippen LogP) is 4.86. The summed E-state index contributed by atoms with van der Waals surface area (Å²) in [6, 6.07) is -1.13. The second-order valence-corrected chi connectivity index (χ2v) is 17.5. The predicted molar refractivity (Wildman–Crippen MR) is 213 cm³/mol. The molecule has 13 heteroatoms. The summed E-state index contributed by atoms with van der Waals surface area (Å²) in [5.41, 5.74) is 1.67. The lowest BCUT2D eigenvalue weighted by molar-refractivity contribution is -0.302. The largest absolute Gasteiger partial charge is 0.456 e. The smallest absolute Gasteiger partial charge is 0.329 e. The van der Waals surface area contributed by atoms with E-state index in [0.717, 1.165) is 12.0 Å². The summed E-state index contributed by atoms with van der Waals surface area (Å²) in [6.45, 7) is 11.4. The van der Waals surface area contributed by atoms with Crippen LogP contribution in [0.4, 0.5) is 0 Å². The van der Waals surface area contributed by atoms with Gasteiger partial charge in [0.15, 0.2) is 0 Å². The molecule has 0 aromatic carbocycles. The highest BCUT2D eigenvalue weighted by molar-refractivity contribution is 6.39. The highest BCUT2D eigenvalue weighted by atomic mass is 16.7. The summed E-state index contributed by atoms with van der Waals surface area (Å²) in [7, 11) is 4.64. The molecule has 4 rings (SSSR count). The monoisotopic (exact) mass is 805 g/mol. The molecule has 0 aromatic heterocycles. The van der Waals surface area contributed by atoms with Gasteiger partial charge in [-0.2, -0.15) is 0 Å². The summed E-state index contributed by atoms with van der Waals surface area (Å²) < 4.78 is 29.8. The minimum absolute atomic E-state index is 0.000416. The number of aliphatic hydroxyl groups excluding tert-OH is 2. The topological polar surface area (TPSA) is 178 Å². The Bertz CT molecular complexity index is 1450. The van der Waals surface area contributed by atoms with E-state index in [1.54, 1.807) is 21.0 Å². The zero-order valence-electron chi connectivity index (χ0n) is 35.8. The normalized spacial score (nSPS) is 41.1. The number of aliphatic hydroxyl groups is 3. The Morgan fingerprint density at radius 3 is 2.23 bits per heavy atom. The van der Waals surface area contributed by atoms with E-state index in [4.69, 9.17) is 23.7 Å². The molecule has 0 radical (unpaired) electrons. The van der Waals surface area contributed by atoms with Crippen LogP contribution >= 0.6 is 0 Å². The molecule has 0 aromatic rings. The van der Waals surface area contributed by atoms with Gasteiger partial charge in [0.2, 0.25) is 5.79 Å². The summed E-state index contributed by atoms with van der Waals surface area (Å²) in [5.74, 6) is -7.46. The van der Waals surface area contributed by atoms with Gasteiger partial charge in [0.25, 0.3) is 11.7 Å². The van der Waals surface area contributed by atoms with Gasteiger partial charge in [-0.25, -0.2) is 4.79 Å². The van der Waals surface area contributed by atoms with Crippen LogP contribution in [0.15, 0.2) is 23.3 Å². The van der Waals surface area contributed by atoms with Gasteiger partial charge in [-0.15, -0.1) is 0 Å². The standard InChI is InChI=1S/C44H71NO12/c1-10-13-31-19-25(2)18-26(3)20-37(54-8)40-38(55-9)22-28(5)44(52,57-40)41(49)42(50)45-17-12-11-14-32(45)43(51)56-39(29(6)34(47)24-35(31)48)27(4)21-30-15-16-33(46)36(23-30)53-7/h19,21,26,28-34,36-40,46-47,52H,10-18,20,22-24H2,1-9H3/b25-19+,27-21+/t26-,28+,29+,30-,31+,32-,33+,34-,36+,37+,38-,39-,40+,44+/m0/s1. The quantitative estimate of drug-likeness (QED) is 0.181. The number of carbonyl (C=O) groups excluding carboxylic acids is 4. The number of rotatable bonds is 7. The fraction of sp³-hybridized carbons (Fsp3) is 0.818. The van der Waals surface area contributed by atoms with Crippen molar-refractivity contribution in [2.24, 2.45) is 29.6 Å². The molecule has 2 saturated heterocycles. The van der Waals surface area contributed by atoms with E-state index < -0.39 is 83.9 Å². The first-order valence-corrected chi connectivity index (χ1v) is 21.3. The number of carbonyl (C=O) groups is 4. The van der Waals surface area contributed by atoms with Crippen LogP contribution in [0.1, 0.15) is 119 Å². The molecular weight excluding hydrogens is 734 g/mol. The molecule has 3 N–H and O–H groups in total. The fourth-order valence-electron chi connectivity index (χ4n) is 9.60. The van der Waals surface area contributed by atoms with Crippen LogP contribution in [0.5, 0.6) is 0 Å². The third-order valence-corrected chi connectivity index (χ3v) is 13.1. The van der Waals surface area contributed by atoms with Crippen LogP contribution in [0.2, 0.25) is 0 Å². The molecule has 324 valence electrons. The Balaban J connectivity index is 1.77. The van der Waals surface area contributed by atoms with Crippen LogP contribution in [0, 0.1) is 29.6 Å². The van der Waals surface area contributed by atoms with E-state index in [0.29, 0.717) is 56.9 Å². The van der Waals surface area contributed by atoms with Crippen molar-refractivity contribution in [3.63, 3.8) is 0 Å². The number of piperidine rings is 1. The Kier molecular flexibility index (Phi) is 17.5. The number of ketones is 2. The van der Waals surface area contributed by atoms with E-state index in [1.807, 2.05) is 32.9 Å². The van der Waals surface area contributed by atoms with Gasteiger partial charge in [-0.1, -0.05) is 51.8 Å². The van der Waals surface area contributed by atoms with Crippen LogP contribution in [0.3, 0.4) is 0 Å². The van der Waals surface area contributed by atoms with E-state index >= 15 is 0 Å². The molecule has 2 bridgehead atoms. The lowest BCUT2D eigenvalue weighted by Gasteiger charge is -2.47. The van der Waals surface area contributed by atoms with E-state index in [9.17, 15) is 34.5 Å². The number of ether oxygens (including phenoxy) is 5. The van der Waals surface area contributed by atoms with Gasteiger partial charge in [0.1, 0.15) is 24.0 Å². The average Bonchev–Trinajstić information content (AvgIpc) is 3.18. The highest BCUT2D eigenvalue weighted by Crippen LogP contribution is 2.39. The molecule has 1 amide bonds. The van der Waals surface area contributed by atoms with Crippen molar-refractivity contribution in [2.75, 3.05) is 27.9 Å². The molecule has 1 saturated carbocycles. The summed E-state index contributed by atoms with van der Waals surface area (Å²) in [5, 5.41) is 34.2. The number of methoxy groups -OCH3 is 3. The number of cyclic esters (lactones) is 1. The molecule has 57 heavy (non-hydrogen) atoms. The third-order valence-electron chi connectivity index (χ3n) is 13.1. The van der Waals surface area contributed by atoms with Crippen molar-refractivity contribution >= 4 is 23.4 Å². The van der Waals surface area contributed by atoms with Crippen molar-refractivity contribution in [1.29, 1.82) is 0 Å². The maximum absolute atomic E-state index is 14.3. The number of esters is 1. The molecule has 3 aliphatic heterocycles. The second-order valence-electron chi connectivity index (χ2n) is 17.5. The van der Waals surface area contributed by atoms with Gasteiger partial charge < -0.3 is 43.9 Å². The number of hydrogen-bond donors (Lipinski definition) is 3. The first-order chi connectivity index (χ1) is 27.0. The minimum atomic E-state index is -2.50. The number of hydrogen-bond acceptors (Lipinski definition) is 12. The van der Waals surface area contributed by atoms with Gasteiger partial charge >= 0.3 is 5.97 Å². The highest BCUT2D eigenvalue weighted by Gasteiger charge is 2.56. The van der Waals surface area contributed by atoms with Gasteiger partial charge in [0.05, 0.1) is 30.5 Å². The van der Waals surface area contributed by atoms with Crippen molar-refractivity contribution < 1.29 is 58.2 Å². The van der Waals surface area contributed by atoms with Crippen LogP contribution in [-0.4, -0.2) is 126 Å². The summed E-state index contributed by atoms with van der Waals surface area (Å²) in [4.78, 5) is 57.9. The Morgan fingerprint density at radius 1 is 0.912 bits per heavy atom. The molecule has 3 heterocycles. The Hall–Kier alpha value is -2.52. The number of allylic oxidation sites excluding steroid dienone is 3. The molecule has 4 aliphatic rings. The second kappa shape index (κ2) is 21.1. The lowest BCUT2D eigenvalue weighted by Crippen LogP contribution is -2.64. The summed E-state index contributed by atoms with van der Waals surface area (Å²) in [6.07, 6.45) is 4.60. The number of nitrogens with zero attached hydrogens (tertiary/aromatic N) is 1. The van der Waals surface area contributed by atoms with Crippen LogP contribution < -0.4 is 0 Å². The molecular formula is C44H71NO12. The van der Waals surface area contributed by atoms with E-state index in [-0.39, 0.29) is 49.5 Å². The zero-order valence-corrected chi connectivity index (χ0v) is 35.8. The van der Waals surface area contributed by atoms with Crippen LogP contribution in [-0.2, 0) is 42.9 Å². The Labute approximate surface area is 339 Å². The lowest BCUT2D eigenvalue weighted by atomic mass is 9.81. The molecule has 13 nitrogen and oxygen atoms in total. The van der Waals surface area contributed by atoms with Gasteiger partial charge in [-0.05, 0) is 95.5 Å². The third kappa shape index (κ3) is 11.4. The number of Topliss-reactive ketones (excluding diaryl/α,β-unsaturated/α-hetero) is 2. The summed E-state index contributed by atoms with van der Waals surface area (Å²) >= 11 is 0. The number of fused-ring (bicyclic) bond motifs is 3. The van der Waals surface area contributed by atoms with Gasteiger partial charge in [-0.3, -0.25) is 14.4 Å². The number of amides is 1. The first-order valence-electron chi connectivity index (χ1n) is 21.3. The molecule has 14 atom stereocenters. The van der Waals surface area contributed by atoms with Crippen molar-refractivity contribution in [1.82, 2.24) is 4.90 Å². The van der Waals surface area contributed by atoms with E-state index in [1.165, 1.54) is 19.1 Å². The molecule has 0 unspecified atom stereocenters. The minimum Gasteiger partial charge on any atom is -0.456 e. The van der Waals surface area contributed by atoms with Gasteiger partial charge in [0, 0.05) is 52.0 Å². The first kappa shape index (κ1) is 47.2. The van der Waals surface area contributed by atoms with E-state index in [2.05, 4.69) is 6.92 Å². The molecule has 3 fully saturated rings. The average molecular weight is 806 g/mol. The maximum Gasteiger partial charge on any atom is 0.329 e. The zero-order chi connectivity index (χ0) is 42.2. The van der Waals surface area contributed by atoms with Crippen molar-refractivity contribution in [3.05, 3.63) is 23.3 Å². The van der Waals surface area contributed by atoms with Crippen LogP contribution in [0.25, 0.3) is 0 Å². The SMILES string of the molecule is CCC[C@@H]1/C=C(\C)C[C@H](C)C[C@@H](OC)[C@H]2O[C@@](O)(C(=O)C(=O)N3CCCC[C@H]3C(=O)O[C@@H](/C(C)=C/[C@@H]3CC[C@@H](O)[C@H](OC)C3)[C@H](C)[C@@H](O)CC1=O)[C@H](C)C[C@@H]2OC. The van der Waals surface area contributed by atoms with Crippen molar-refractivity contribution in [2.45, 2.75) is 173 Å². The molecule has 0 spiro atoms. The fourth-order valence-corrected chi connectivity index (χ4v) is 9.60. The van der Waals surface area contributed by atoms with Crippen molar-refractivity contribution in [3.8, 4) is 0 Å². The maximum atomic E-state index is 14.3. The Morgan fingerprint density at radius 2 is 1.58 bits per heavy atom. The molecule has 1 aliphatic carbocycles.